The van der Waals surface area contributed by atoms with Crippen molar-refractivity contribution in [2.24, 2.45) is 0 Å². The zero-order valence-electron chi connectivity index (χ0n) is 11.3. The van der Waals surface area contributed by atoms with Gasteiger partial charge in [0, 0.05) is 12.2 Å². The fraction of sp³-hybridized carbons (Fsp3) is 0.429. The lowest BCUT2D eigenvalue weighted by atomic mass is 10.2. The third kappa shape index (κ3) is 4.62. The minimum atomic E-state index is -1.04. The van der Waals surface area contributed by atoms with Crippen LogP contribution in [0.4, 0.5) is 10.5 Å². The molecule has 1 rings (SSSR count). The Bertz CT molecular complexity index is 420. The van der Waals surface area contributed by atoms with Crippen molar-refractivity contribution < 1.29 is 14.7 Å². The Morgan fingerprint density at radius 3 is 2.47 bits per heavy atom. The Morgan fingerprint density at radius 2 is 1.95 bits per heavy atom. The number of anilines is 1. The molecule has 0 aliphatic rings. The summed E-state index contributed by atoms with van der Waals surface area (Å²) in [7, 11) is 0. The number of aliphatic carboxylic acids is 1. The number of carboxylic acids is 1. The van der Waals surface area contributed by atoms with Crippen LogP contribution in [0.15, 0.2) is 30.3 Å². The number of carboxylic acid groups (broad SMARTS) is 1. The largest absolute Gasteiger partial charge is 0.480 e. The smallest absolute Gasteiger partial charge is 0.325 e. The van der Waals surface area contributed by atoms with Gasteiger partial charge in [0.1, 0.15) is 6.04 Å². The van der Waals surface area contributed by atoms with E-state index in [0.29, 0.717) is 6.54 Å². The summed E-state index contributed by atoms with van der Waals surface area (Å²) in [5.74, 6) is -1.04. The topological polar surface area (TPSA) is 69.6 Å². The zero-order valence-corrected chi connectivity index (χ0v) is 11.3. The Kier molecular flexibility index (Phi) is 5.85. The number of benzene rings is 1. The Morgan fingerprint density at radius 1 is 1.32 bits per heavy atom. The molecule has 0 saturated carbocycles. The van der Waals surface area contributed by atoms with Gasteiger partial charge >= 0.3 is 12.0 Å². The first-order chi connectivity index (χ1) is 9.06. The molecule has 1 atom stereocenters. The van der Waals surface area contributed by atoms with Crippen LogP contribution < -0.4 is 10.2 Å². The number of nitrogens with one attached hydrogen (secondary N) is 1. The maximum Gasteiger partial charge on any atom is 0.325 e. The Hall–Kier alpha value is -2.04. The summed E-state index contributed by atoms with van der Waals surface area (Å²) in [4.78, 5) is 24.5. The number of nitrogens with zero attached hydrogens (tertiary/aromatic N) is 1. The lowest BCUT2D eigenvalue weighted by Gasteiger charge is -2.24. The molecule has 0 aliphatic carbocycles. The molecule has 0 heterocycles. The van der Waals surface area contributed by atoms with Crippen molar-refractivity contribution in [1.29, 1.82) is 0 Å². The predicted octanol–water partition coefficient (Wildman–Crippen LogP) is 2.48. The number of para-hydroxylation sites is 1. The molecule has 19 heavy (non-hydrogen) atoms. The predicted molar refractivity (Wildman–Crippen MR) is 74.3 cm³/mol. The van der Waals surface area contributed by atoms with Gasteiger partial charge in [0.25, 0.3) is 0 Å². The molecule has 0 spiro atoms. The van der Waals surface area contributed by atoms with Crippen LogP contribution in [0.25, 0.3) is 0 Å². The van der Waals surface area contributed by atoms with E-state index < -0.39 is 12.0 Å². The SMILES string of the molecule is CCCCN(C(=O)NC(C)C(=O)O)c1ccccc1. The van der Waals surface area contributed by atoms with Gasteiger partial charge in [-0.25, -0.2) is 4.79 Å². The number of carbonyl (C=O) groups is 2. The van der Waals surface area contributed by atoms with Gasteiger partial charge in [0.2, 0.25) is 0 Å². The highest BCUT2D eigenvalue weighted by molar-refractivity contribution is 5.94. The molecule has 104 valence electrons. The average Bonchev–Trinajstić information content (AvgIpc) is 2.40. The molecule has 1 unspecified atom stereocenters. The molecule has 0 saturated heterocycles. The van der Waals surface area contributed by atoms with Crippen LogP contribution in [-0.4, -0.2) is 29.7 Å². The highest BCUT2D eigenvalue weighted by Gasteiger charge is 2.19. The van der Waals surface area contributed by atoms with Crippen molar-refractivity contribution >= 4 is 17.7 Å². The first kappa shape index (κ1) is 15.0. The van der Waals surface area contributed by atoms with E-state index in [9.17, 15) is 9.59 Å². The van der Waals surface area contributed by atoms with E-state index >= 15 is 0 Å². The van der Waals surface area contributed by atoms with Gasteiger partial charge in [0.05, 0.1) is 0 Å². The minimum Gasteiger partial charge on any atom is -0.480 e. The first-order valence-corrected chi connectivity index (χ1v) is 6.42. The molecular weight excluding hydrogens is 244 g/mol. The second-order valence-electron chi connectivity index (χ2n) is 4.35. The summed E-state index contributed by atoms with van der Waals surface area (Å²) in [5.41, 5.74) is 0.769. The van der Waals surface area contributed by atoms with Crippen LogP contribution in [-0.2, 0) is 4.79 Å². The van der Waals surface area contributed by atoms with Crippen molar-refractivity contribution in [1.82, 2.24) is 5.32 Å². The summed E-state index contributed by atoms with van der Waals surface area (Å²) in [6.07, 6.45) is 1.83. The molecule has 0 fully saturated rings. The summed E-state index contributed by atoms with van der Waals surface area (Å²) in [6.45, 7) is 4.06. The maximum atomic E-state index is 12.1. The van der Waals surface area contributed by atoms with Crippen LogP contribution in [0.3, 0.4) is 0 Å². The zero-order chi connectivity index (χ0) is 14.3. The Labute approximate surface area is 113 Å². The molecular formula is C14H20N2O3. The summed E-state index contributed by atoms with van der Waals surface area (Å²) in [5, 5.41) is 11.3. The van der Waals surface area contributed by atoms with E-state index in [4.69, 9.17) is 5.11 Å². The third-order valence-electron chi connectivity index (χ3n) is 2.76. The second kappa shape index (κ2) is 7.41. The highest BCUT2D eigenvalue weighted by atomic mass is 16.4. The molecule has 5 nitrogen and oxygen atoms in total. The van der Waals surface area contributed by atoms with E-state index in [-0.39, 0.29) is 6.03 Å². The fourth-order valence-electron chi connectivity index (χ4n) is 1.60. The van der Waals surface area contributed by atoms with E-state index in [1.807, 2.05) is 37.3 Å². The number of hydrogen-bond donors (Lipinski definition) is 2. The fourth-order valence-corrected chi connectivity index (χ4v) is 1.60. The van der Waals surface area contributed by atoms with Crippen LogP contribution in [0.2, 0.25) is 0 Å². The summed E-state index contributed by atoms with van der Waals surface area (Å²) < 4.78 is 0. The van der Waals surface area contributed by atoms with Gasteiger partial charge in [0.15, 0.2) is 0 Å². The normalized spacial score (nSPS) is 11.7. The van der Waals surface area contributed by atoms with Crippen LogP contribution >= 0.6 is 0 Å². The van der Waals surface area contributed by atoms with E-state index in [0.717, 1.165) is 18.5 Å². The quantitative estimate of drug-likeness (QED) is 0.829. The second-order valence-corrected chi connectivity index (χ2v) is 4.35. The number of rotatable bonds is 6. The van der Waals surface area contributed by atoms with Gasteiger partial charge in [-0.2, -0.15) is 0 Å². The standard InChI is InChI=1S/C14H20N2O3/c1-3-4-10-16(12-8-6-5-7-9-12)14(19)15-11(2)13(17)18/h5-9,11H,3-4,10H2,1-2H3,(H,15,19)(H,17,18). The molecule has 0 aromatic heterocycles. The molecule has 0 aliphatic heterocycles. The molecule has 1 aromatic carbocycles. The van der Waals surface area contributed by atoms with Gasteiger partial charge in [-0.3, -0.25) is 9.69 Å². The van der Waals surface area contributed by atoms with Crippen molar-refractivity contribution in [3.05, 3.63) is 30.3 Å². The van der Waals surface area contributed by atoms with Gasteiger partial charge in [-0.1, -0.05) is 31.5 Å². The molecule has 2 N–H and O–H groups in total. The van der Waals surface area contributed by atoms with Crippen molar-refractivity contribution in [3.63, 3.8) is 0 Å². The number of amides is 2. The van der Waals surface area contributed by atoms with Crippen molar-refractivity contribution in [2.75, 3.05) is 11.4 Å². The molecule has 0 bridgehead atoms. The number of urea groups is 1. The monoisotopic (exact) mass is 264 g/mol. The lowest BCUT2D eigenvalue weighted by molar-refractivity contribution is -0.138. The summed E-state index contributed by atoms with van der Waals surface area (Å²) >= 11 is 0. The molecule has 1 aromatic rings. The number of hydrogen-bond acceptors (Lipinski definition) is 2. The Balaban J connectivity index is 2.79. The molecule has 0 radical (unpaired) electrons. The average molecular weight is 264 g/mol. The van der Waals surface area contributed by atoms with E-state index in [1.54, 1.807) is 4.90 Å². The van der Waals surface area contributed by atoms with E-state index in [1.165, 1.54) is 6.92 Å². The lowest BCUT2D eigenvalue weighted by Crippen LogP contribution is -2.47. The van der Waals surface area contributed by atoms with Crippen molar-refractivity contribution in [3.8, 4) is 0 Å². The third-order valence-corrected chi connectivity index (χ3v) is 2.76. The highest BCUT2D eigenvalue weighted by Crippen LogP contribution is 2.14. The minimum absolute atomic E-state index is 0.380. The van der Waals surface area contributed by atoms with Gasteiger partial charge in [-0.15, -0.1) is 0 Å². The van der Waals surface area contributed by atoms with Gasteiger partial charge < -0.3 is 10.4 Å². The molecule has 5 heteroatoms. The number of unbranched alkanes of at least 4 members (excludes halogenated alkanes) is 1. The van der Waals surface area contributed by atoms with Crippen LogP contribution in [0, 0.1) is 0 Å². The summed E-state index contributed by atoms with van der Waals surface area (Å²) in [6, 6.07) is 7.96. The number of carbonyl (C=O) groups excluding carboxylic acids is 1. The van der Waals surface area contributed by atoms with E-state index in [2.05, 4.69) is 5.32 Å². The first-order valence-electron chi connectivity index (χ1n) is 6.42. The molecule has 2 amide bonds. The maximum absolute atomic E-state index is 12.1. The van der Waals surface area contributed by atoms with Crippen molar-refractivity contribution in [2.45, 2.75) is 32.7 Å². The van der Waals surface area contributed by atoms with Gasteiger partial charge in [-0.05, 0) is 25.5 Å². The van der Waals surface area contributed by atoms with Crippen LogP contribution in [0.1, 0.15) is 26.7 Å². The van der Waals surface area contributed by atoms with Crippen LogP contribution in [0.5, 0.6) is 0 Å².